The maximum Gasteiger partial charge on any atom is 0.234 e. The number of rotatable bonds is 5. The predicted molar refractivity (Wildman–Crippen MR) is 106 cm³/mol. The minimum absolute atomic E-state index is 0.0920. The summed E-state index contributed by atoms with van der Waals surface area (Å²) < 4.78 is 15.2. The zero-order valence-electron chi connectivity index (χ0n) is 14.8. The van der Waals surface area contributed by atoms with Gasteiger partial charge < -0.3 is 9.88 Å². The Kier molecular flexibility index (Phi) is 5.25. The van der Waals surface area contributed by atoms with E-state index in [2.05, 4.69) is 16.1 Å². The fourth-order valence-corrected chi connectivity index (χ4v) is 3.88. The topological polar surface area (TPSA) is 46.9 Å². The van der Waals surface area contributed by atoms with E-state index < -0.39 is 0 Å². The third-order valence-corrected chi connectivity index (χ3v) is 5.55. The molecule has 4 rings (SSSR count). The van der Waals surface area contributed by atoms with Gasteiger partial charge in [-0.25, -0.2) is 9.37 Å². The van der Waals surface area contributed by atoms with Crippen molar-refractivity contribution in [3.8, 4) is 11.3 Å². The number of hydrogen-bond acceptors (Lipinski definition) is 3. The summed E-state index contributed by atoms with van der Waals surface area (Å²) in [5.74, 6) is 1.04. The number of halogens is 1. The minimum Gasteiger partial charge on any atom is -0.334 e. The van der Waals surface area contributed by atoms with Crippen LogP contribution < -0.4 is 5.32 Å². The molecule has 0 bridgehead atoms. The molecular formula is C21H20FN3OS. The molecule has 3 aromatic rings. The average Bonchev–Trinajstić information content (AvgIpc) is 3.12. The first-order valence-corrected chi connectivity index (χ1v) is 10.0. The lowest BCUT2D eigenvalue weighted by Crippen LogP contribution is -2.13. The summed E-state index contributed by atoms with van der Waals surface area (Å²) in [5.41, 5.74) is 2.70. The molecule has 0 saturated carbocycles. The summed E-state index contributed by atoms with van der Waals surface area (Å²) >= 11 is 1.38. The number of amides is 1. The first kappa shape index (κ1) is 17.8. The van der Waals surface area contributed by atoms with E-state index in [1.165, 1.54) is 36.7 Å². The van der Waals surface area contributed by atoms with Gasteiger partial charge in [0.1, 0.15) is 11.6 Å². The Bertz CT molecular complexity index is 929. The highest BCUT2D eigenvalue weighted by atomic mass is 32.2. The monoisotopic (exact) mass is 381 g/mol. The molecule has 2 aromatic carbocycles. The number of imidazole rings is 1. The van der Waals surface area contributed by atoms with Gasteiger partial charge >= 0.3 is 0 Å². The van der Waals surface area contributed by atoms with Crippen molar-refractivity contribution < 1.29 is 9.18 Å². The van der Waals surface area contributed by atoms with Gasteiger partial charge in [-0.2, -0.15) is 0 Å². The Hall–Kier alpha value is -2.60. The first-order valence-electron chi connectivity index (χ1n) is 9.02. The van der Waals surface area contributed by atoms with Crippen molar-refractivity contribution >= 4 is 23.4 Å². The van der Waals surface area contributed by atoms with Crippen LogP contribution in [0.1, 0.15) is 18.7 Å². The fraction of sp³-hybridized carbons (Fsp3) is 0.238. The van der Waals surface area contributed by atoms with Gasteiger partial charge in [0.2, 0.25) is 5.91 Å². The zero-order chi connectivity index (χ0) is 18.6. The second-order valence-corrected chi connectivity index (χ2v) is 7.61. The van der Waals surface area contributed by atoms with E-state index in [4.69, 9.17) is 4.98 Å². The summed E-state index contributed by atoms with van der Waals surface area (Å²) in [6.07, 6.45) is 5.51. The van der Waals surface area contributed by atoms with Crippen molar-refractivity contribution in [2.75, 3.05) is 11.1 Å². The molecule has 6 heteroatoms. The molecule has 1 aliphatic rings. The van der Waals surface area contributed by atoms with Gasteiger partial charge in [0.15, 0.2) is 0 Å². The molecule has 0 spiro atoms. The van der Waals surface area contributed by atoms with Crippen LogP contribution in [0.25, 0.3) is 11.3 Å². The van der Waals surface area contributed by atoms with E-state index in [0.717, 1.165) is 40.6 Å². The smallest absolute Gasteiger partial charge is 0.234 e. The lowest BCUT2D eigenvalue weighted by atomic mass is 10.1. The van der Waals surface area contributed by atoms with Crippen LogP contribution >= 0.6 is 11.8 Å². The summed E-state index contributed by atoms with van der Waals surface area (Å²) in [6.45, 7) is 1.03. The van der Waals surface area contributed by atoms with Crippen LogP contribution in [0.4, 0.5) is 10.1 Å². The van der Waals surface area contributed by atoms with Gasteiger partial charge in [0.05, 0.1) is 11.4 Å². The number of nitrogens with one attached hydrogen (secondary N) is 1. The third-order valence-electron chi connectivity index (χ3n) is 4.53. The summed E-state index contributed by atoms with van der Waals surface area (Å²) in [7, 11) is 0. The van der Waals surface area contributed by atoms with Crippen LogP contribution in [0, 0.1) is 5.82 Å². The summed E-state index contributed by atoms with van der Waals surface area (Å²) in [6, 6.07) is 13.9. The maximum absolute atomic E-state index is 12.9. The Morgan fingerprint density at radius 1 is 1.19 bits per heavy atom. The lowest BCUT2D eigenvalue weighted by Gasteiger charge is -2.11. The number of aromatic nitrogens is 2. The number of hydrogen-bond donors (Lipinski definition) is 1. The van der Waals surface area contributed by atoms with Crippen LogP contribution in [0.15, 0.2) is 59.6 Å². The number of nitrogens with zero attached hydrogens (tertiary/aromatic N) is 2. The molecule has 0 fully saturated rings. The van der Waals surface area contributed by atoms with Crippen LogP contribution in [0.3, 0.4) is 0 Å². The van der Waals surface area contributed by atoms with Gasteiger partial charge in [-0.05, 0) is 49.2 Å². The van der Waals surface area contributed by atoms with Gasteiger partial charge in [0, 0.05) is 35.3 Å². The van der Waals surface area contributed by atoms with Crippen LogP contribution in [-0.2, 0) is 17.8 Å². The second kappa shape index (κ2) is 7.96. The van der Waals surface area contributed by atoms with E-state index in [1.807, 2.05) is 24.3 Å². The Balaban J connectivity index is 1.40. The van der Waals surface area contributed by atoms with Gasteiger partial charge in [-0.1, -0.05) is 12.1 Å². The number of anilines is 1. The number of carbonyl (C=O) groups excluding carboxylic acids is 1. The van der Waals surface area contributed by atoms with E-state index in [9.17, 15) is 9.18 Å². The molecule has 4 nitrogen and oxygen atoms in total. The normalized spacial score (nSPS) is 13.2. The Morgan fingerprint density at radius 2 is 2.04 bits per heavy atom. The van der Waals surface area contributed by atoms with E-state index >= 15 is 0 Å². The second-order valence-electron chi connectivity index (χ2n) is 6.56. The van der Waals surface area contributed by atoms with Crippen molar-refractivity contribution in [1.29, 1.82) is 0 Å². The molecule has 0 radical (unpaired) electrons. The standard InChI is InChI=1S/C21H20FN3OS/c22-16-7-9-18(10-8-16)27-14-21(26)23-17-5-3-4-15(12-17)19-13-25-11-2-1-6-20(25)24-19/h3-5,7-10,12-13H,1-2,6,11,14H2,(H,23,26). The van der Waals surface area contributed by atoms with Gasteiger partial charge in [-0.3, -0.25) is 4.79 Å². The van der Waals surface area contributed by atoms with Crippen molar-refractivity contribution in [2.45, 2.75) is 30.7 Å². The summed E-state index contributed by atoms with van der Waals surface area (Å²) in [4.78, 5) is 17.8. The maximum atomic E-state index is 12.9. The molecule has 0 atom stereocenters. The van der Waals surface area contributed by atoms with Crippen molar-refractivity contribution in [3.63, 3.8) is 0 Å². The number of thioether (sulfide) groups is 1. The SMILES string of the molecule is O=C(CSc1ccc(F)cc1)Nc1cccc(-c2cn3c(n2)CCCC3)c1. The van der Waals surface area contributed by atoms with Crippen molar-refractivity contribution in [2.24, 2.45) is 0 Å². The largest absolute Gasteiger partial charge is 0.334 e. The molecule has 27 heavy (non-hydrogen) atoms. The Morgan fingerprint density at radius 3 is 2.85 bits per heavy atom. The highest BCUT2D eigenvalue weighted by molar-refractivity contribution is 8.00. The molecule has 0 unspecified atom stereocenters. The number of carbonyl (C=O) groups is 1. The molecule has 138 valence electrons. The predicted octanol–water partition coefficient (Wildman–Crippen LogP) is 4.76. The molecule has 2 heterocycles. The molecule has 1 aromatic heterocycles. The zero-order valence-corrected chi connectivity index (χ0v) is 15.6. The van der Waals surface area contributed by atoms with Crippen molar-refractivity contribution in [3.05, 3.63) is 66.4 Å². The molecule has 0 saturated heterocycles. The van der Waals surface area contributed by atoms with E-state index in [0.29, 0.717) is 0 Å². The highest BCUT2D eigenvalue weighted by Crippen LogP contribution is 2.25. The first-order chi connectivity index (χ1) is 13.2. The average molecular weight is 381 g/mol. The number of fused-ring (bicyclic) bond motifs is 1. The van der Waals surface area contributed by atoms with Crippen LogP contribution in [0.5, 0.6) is 0 Å². The quantitative estimate of drug-likeness (QED) is 0.649. The lowest BCUT2D eigenvalue weighted by molar-refractivity contribution is -0.113. The van der Waals surface area contributed by atoms with Crippen molar-refractivity contribution in [1.82, 2.24) is 9.55 Å². The summed E-state index contributed by atoms with van der Waals surface area (Å²) in [5, 5.41) is 2.93. The Labute approximate surface area is 161 Å². The molecule has 0 aliphatic carbocycles. The van der Waals surface area contributed by atoms with Gasteiger partial charge in [-0.15, -0.1) is 11.8 Å². The van der Waals surface area contributed by atoms with E-state index in [-0.39, 0.29) is 17.5 Å². The van der Waals surface area contributed by atoms with Crippen LogP contribution in [-0.4, -0.2) is 21.2 Å². The molecule has 1 N–H and O–H groups in total. The molecule has 1 aliphatic heterocycles. The van der Waals surface area contributed by atoms with Gasteiger partial charge in [0.25, 0.3) is 0 Å². The molecule has 1 amide bonds. The minimum atomic E-state index is -0.276. The fourth-order valence-electron chi connectivity index (χ4n) is 3.18. The van der Waals surface area contributed by atoms with E-state index in [1.54, 1.807) is 12.1 Å². The molecular weight excluding hydrogens is 361 g/mol. The number of aryl methyl sites for hydroxylation is 2. The van der Waals surface area contributed by atoms with Crippen LogP contribution in [0.2, 0.25) is 0 Å². The highest BCUT2D eigenvalue weighted by Gasteiger charge is 2.13. The third kappa shape index (κ3) is 4.39. The number of benzene rings is 2.